The van der Waals surface area contributed by atoms with Crippen molar-refractivity contribution in [3.05, 3.63) is 35.5 Å². The number of Topliss-reactive ketones (excluding diaryl/α,β-unsaturated/α-hetero) is 1. The van der Waals surface area contributed by atoms with E-state index in [-0.39, 0.29) is 17.7 Å². The van der Waals surface area contributed by atoms with Crippen LogP contribution in [0.2, 0.25) is 0 Å². The Bertz CT molecular complexity index is 583. The minimum absolute atomic E-state index is 0.173. The number of piperidine rings is 3. The molecule has 4 nitrogen and oxygen atoms in total. The highest BCUT2D eigenvalue weighted by Crippen LogP contribution is 2.33. The quantitative estimate of drug-likeness (QED) is 0.470. The Labute approximate surface area is 118 Å². The lowest BCUT2D eigenvalue weighted by Crippen LogP contribution is -2.45. The van der Waals surface area contributed by atoms with Crippen LogP contribution in [0.1, 0.15) is 25.3 Å². The van der Waals surface area contributed by atoms with Gasteiger partial charge in [0.25, 0.3) is 0 Å². The fourth-order valence-electron chi connectivity index (χ4n) is 2.90. The van der Waals surface area contributed by atoms with Gasteiger partial charge in [-0.2, -0.15) is 0 Å². The molecule has 3 aliphatic rings. The molecule has 0 radical (unpaired) electrons. The summed E-state index contributed by atoms with van der Waals surface area (Å²) in [4.78, 5) is 25.6. The molecule has 1 aromatic carbocycles. The molecule has 0 aromatic heterocycles. The van der Waals surface area contributed by atoms with Crippen molar-refractivity contribution in [2.75, 3.05) is 13.1 Å². The van der Waals surface area contributed by atoms with E-state index in [9.17, 15) is 9.59 Å². The average Bonchev–Trinajstić information content (AvgIpc) is 2.44. The van der Waals surface area contributed by atoms with E-state index in [0.717, 1.165) is 37.2 Å². The Morgan fingerprint density at radius 2 is 2.00 bits per heavy atom. The average molecular weight is 271 g/mol. The van der Waals surface area contributed by atoms with E-state index in [4.69, 9.17) is 4.74 Å². The molecule has 0 unspecified atom stereocenters. The van der Waals surface area contributed by atoms with Gasteiger partial charge in [0.15, 0.2) is 5.78 Å². The normalized spacial score (nSPS) is 20.6. The molecule has 2 bridgehead atoms. The van der Waals surface area contributed by atoms with Gasteiger partial charge in [-0.15, -0.1) is 0 Å². The predicted molar refractivity (Wildman–Crippen MR) is 75.0 cm³/mol. The number of ketones is 1. The van der Waals surface area contributed by atoms with Gasteiger partial charge in [-0.25, -0.2) is 0 Å². The second-order valence-electron chi connectivity index (χ2n) is 5.29. The van der Waals surface area contributed by atoms with Crippen LogP contribution in [0.4, 0.5) is 0 Å². The number of fused-ring (bicyclic) bond motifs is 3. The molecule has 3 heterocycles. The standard InChI is InChI=1S/C16H17NO3/c1-11(18)20-15-5-3-2-4-13(15)10-14-16(19)12-6-8-17(14)9-7-12/h2-5,10,12H,6-9H2,1H3. The number of para-hydroxylation sites is 1. The number of ether oxygens (including phenoxy) is 1. The monoisotopic (exact) mass is 271 g/mol. The first-order valence-electron chi connectivity index (χ1n) is 6.93. The largest absolute Gasteiger partial charge is 0.426 e. The van der Waals surface area contributed by atoms with Gasteiger partial charge in [0.2, 0.25) is 0 Å². The summed E-state index contributed by atoms with van der Waals surface area (Å²) in [6.07, 6.45) is 3.77. The molecular formula is C16H17NO3. The van der Waals surface area contributed by atoms with Crippen molar-refractivity contribution >= 4 is 17.8 Å². The summed E-state index contributed by atoms with van der Waals surface area (Å²) in [7, 11) is 0. The molecule has 0 aliphatic carbocycles. The summed E-state index contributed by atoms with van der Waals surface area (Å²) in [6.45, 7) is 3.26. The van der Waals surface area contributed by atoms with E-state index < -0.39 is 0 Å². The molecule has 20 heavy (non-hydrogen) atoms. The van der Waals surface area contributed by atoms with Crippen LogP contribution < -0.4 is 4.74 Å². The Balaban J connectivity index is 1.96. The number of carbonyl (C=O) groups excluding carboxylic acids is 2. The van der Waals surface area contributed by atoms with Crippen LogP contribution in [-0.2, 0) is 9.59 Å². The molecule has 4 heteroatoms. The third-order valence-electron chi connectivity index (χ3n) is 3.92. The number of nitrogens with zero attached hydrogens (tertiary/aromatic N) is 1. The zero-order chi connectivity index (χ0) is 14.1. The fraction of sp³-hybridized carbons (Fsp3) is 0.375. The summed E-state index contributed by atoms with van der Waals surface area (Å²) >= 11 is 0. The van der Waals surface area contributed by atoms with Gasteiger partial charge < -0.3 is 9.64 Å². The van der Waals surface area contributed by atoms with Crippen molar-refractivity contribution in [1.29, 1.82) is 0 Å². The molecule has 3 fully saturated rings. The molecule has 3 saturated heterocycles. The van der Waals surface area contributed by atoms with Crippen LogP contribution in [0.5, 0.6) is 5.75 Å². The minimum atomic E-state index is -0.354. The van der Waals surface area contributed by atoms with Gasteiger partial charge in [0.05, 0.1) is 5.70 Å². The summed E-state index contributed by atoms with van der Waals surface area (Å²) in [5, 5.41) is 0. The molecular weight excluding hydrogens is 254 g/mol. The van der Waals surface area contributed by atoms with Crippen molar-refractivity contribution in [2.24, 2.45) is 5.92 Å². The topological polar surface area (TPSA) is 46.6 Å². The first-order valence-corrected chi connectivity index (χ1v) is 6.93. The highest BCUT2D eigenvalue weighted by Gasteiger charge is 2.36. The van der Waals surface area contributed by atoms with E-state index in [0.29, 0.717) is 5.75 Å². The Morgan fingerprint density at radius 1 is 1.30 bits per heavy atom. The molecule has 0 amide bonds. The maximum absolute atomic E-state index is 12.3. The summed E-state index contributed by atoms with van der Waals surface area (Å²) < 4.78 is 5.19. The van der Waals surface area contributed by atoms with Gasteiger partial charge in [-0.1, -0.05) is 18.2 Å². The molecule has 0 atom stereocenters. The van der Waals surface area contributed by atoms with Crippen molar-refractivity contribution in [3.8, 4) is 5.75 Å². The van der Waals surface area contributed by atoms with Crippen molar-refractivity contribution in [3.63, 3.8) is 0 Å². The summed E-state index contributed by atoms with van der Waals surface area (Å²) in [5.74, 6) is 0.544. The number of hydrogen-bond acceptors (Lipinski definition) is 4. The SMILES string of the molecule is CC(=O)Oc1ccccc1C=C1C(=O)C2CCN1CC2. The smallest absolute Gasteiger partial charge is 0.308 e. The first-order chi connectivity index (χ1) is 9.65. The van der Waals surface area contributed by atoms with Gasteiger partial charge in [0, 0.05) is 31.5 Å². The van der Waals surface area contributed by atoms with Crippen LogP contribution in [-0.4, -0.2) is 29.7 Å². The predicted octanol–water partition coefficient (Wildman–Crippen LogP) is 2.25. The van der Waals surface area contributed by atoms with Crippen LogP contribution in [0, 0.1) is 5.92 Å². The third kappa shape index (κ3) is 2.33. The lowest BCUT2D eigenvalue weighted by atomic mass is 9.84. The second kappa shape index (κ2) is 5.12. The molecule has 1 aromatic rings. The summed E-state index contributed by atoms with van der Waals surface area (Å²) in [6, 6.07) is 7.30. The van der Waals surface area contributed by atoms with Crippen molar-refractivity contribution < 1.29 is 14.3 Å². The third-order valence-corrected chi connectivity index (χ3v) is 3.92. The zero-order valence-electron chi connectivity index (χ0n) is 11.5. The van der Waals surface area contributed by atoms with Crippen LogP contribution in [0.25, 0.3) is 6.08 Å². The maximum atomic E-state index is 12.3. The number of carbonyl (C=O) groups is 2. The lowest BCUT2D eigenvalue weighted by Gasteiger charge is -2.41. The van der Waals surface area contributed by atoms with E-state index in [1.807, 2.05) is 24.3 Å². The first kappa shape index (κ1) is 12.9. The fourth-order valence-corrected chi connectivity index (χ4v) is 2.90. The van der Waals surface area contributed by atoms with E-state index in [1.54, 1.807) is 6.07 Å². The molecule has 104 valence electrons. The van der Waals surface area contributed by atoms with Crippen molar-refractivity contribution in [2.45, 2.75) is 19.8 Å². The Kier molecular flexibility index (Phi) is 3.30. The number of allylic oxidation sites excluding steroid dienone is 1. The number of esters is 1. The van der Waals surface area contributed by atoms with Crippen LogP contribution in [0.3, 0.4) is 0 Å². The molecule has 0 saturated carbocycles. The number of rotatable bonds is 2. The lowest BCUT2D eigenvalue weighted by molar-refractivity contribution is -0.131. The molecule has 0 spiro atoms. The molecule has 3 aliphatic heterocycles. The van der Waals surface area contributed by atoms with Gasteiger partial charge in [-0.3, -0.25) is 9.59 Å². The second-order valence-corrected chi connectivity index (χ2v) is 5.29. The highest BCUT2D eigenvalue weighted by molar-refractivity contribution is 6.02. The summed E-state index contributed by atoms with van der Waals surface area (Å²) in [5.41, 5.74) is 1.53. The highest BCUT2D eigenvalue weighted by atomic mass is 16.5. The van der Waals surface area contributed by atoms with Gasteiger partial charge in [0.1, 0.15) is 5.75 Å². The van der Waals surface area contributed by atoms with Crippen LogP contribution >= 0.6 is 0 Å². The van der Waals surface area contributed by atoms with Crippen LogP contribution in [0.15, 0.2) is 30.0 Å². The number of benzene rings is 1. The van der Waals surface area contributed by atoms with E-state index >= 15 is 0 Å². The van der Waals surface area contributed by atoms with Crippen molar-refractivity contribution in [1.82, 2.24) is 4.90 Å². The number of hydrogen-bond donors (Lipinski definition) is 0. The minimum Gasteiger partial charge on any atom is -0.426 e. The van der Waals surface area contributed by atoms with E-state index in [2.05, 4.69) is 4.90 Å². The van der Waals surface area contributed by atoms with E-state index in [1.165, 1.54) is 6.92 Å². The molecule has 0 N–H and O–H groups in total. The van der Waals surface area contributed by atoms with Gasteiger partial charge >= 0.3 is 5.97 Å². The van der Waals surface area contributed by atoms with Gasteiger partial charge in [-0.05, 0) is 25.0 Å². The Hall–Kier alpha value is -2.10. The molecule has 4 rings (SSSR count). The maximum Gasteiger partial charge on any atom is 0.308 e. The Morgan fingerprint density at radius 3 is 2.65 bits per heavy atom. The zero-order valence-corrected chi connectivity index (χ0v) is 11.5.